The quantitative estimate of drug-likeness (QED) is 0.693. The number of pyridine rings is 1. The molecule has 0 bridgehead atoms. The van der Waals surface area contributed by atoms with E-state index in [0.717, 1.165) is 12.8 Å². The van der Waals surface area contributed by atoms with E-state index >= 15 is 0 Å². The number of rotatable bonds is 7. The van der Waals surface area contributed by atoms with Crippen LogP contribution in [0.1, 0.15) is 44.1 Å². The number of anilines is 1. The largest absolute Gasteiger partial charge is 0.650 e. The van der Waals surface area contributed by atoms with Gasteiger partial charge in [0.05, 0.1) is 19.7 Å². The number of carbonyl (C=O) groups is 2. The maximum atomic E-state index is 12.9. The van der Waals surface area contributed by atoms with E-state index in [1.54, 1.807) is 7.05 Å². The van der Waals surface area contributed by atoms with Gasteiger partial charge in [0.15, 0.2) is 11.6 Å². The molecule has 1 aromatic rings. The summed E-state index contributed by atoms with van der Waals surface area (Å²) in [6, 6.07) is 2.78. The number of carboxylic acids is 1. The molecule has 1 aliphatic heterocycles. The number of aromatic nitrogens is 1. The van der Waals surface area contributed by atoms with Crippen LogP contribution in [0.25, 0.3) is 5.32 Å². The van der Waals surface area contributed by atoms with E-state index in [4.69, 9.17) is 9.84 Å². The molecule has 0 spiro atoms. The van der Waals surface area contributed by atoms with Crippen LogP contribution in [0.4, 0.5) is 14.5 Å². The van der Waals surface area contributed by atoms with Gasteiger partial charge in [0.1, 0.15) is 5.69 Å². The number of hydrogen-bond acceptors (Lipinski definition) is 5. The van der Waals surface area contributed by atoms with Gasteiger partial charge in [0, 0.05) is 7.05 Å². The number of carboxylic acid groups (broad SMARTS) is 1. The Balaban J connectivity index is 0.000000274. The molecule has 0 unspecified atom stereocenters. The minimum Gasteiger partial charge on any atom is -0.650 e. The van der Waals surface area contributed by atoms with Gasteiger partial charge in [-0.1, -0.05) is 27.3 Å². The molecule has 1 aliphatic carbocycles. The van der Waals surface area contributed by atoms with Crippen LogP contribution < -0.4 is 15.0 Å². The molecule has 1 aromatic heterocycles. The summed E-state index contributed by atoms with van der Waals surface area (Å²) in [6.07, 6.45) is 2.16. The highest BCUT2D eigenvalue weighted by Gasteiger charge is 2.45. The van der Waals surface area contributed by atoms with Gasteiger partial charge < -0.3 is 25.4 Å². The van der Waals surface area contributed by atoms with Crippen molar-refractivity contribution in [1.29, 1.82) is 0 Å². The minimum absolute atomic E-state index is 0.0325. The molecule has 3 rings (SSSR count). The number of aromatic carboxylic acids is 1. The van der Waals surface area contributed by atoms with Crippen molar-refractivity contribution in [3.05, 3.63) is 23.1 Å². The first-order chi connectivity index (χ1) is 13.9. The van der Waals surface area contributed by atoms with Crippen LogP contribution >= 0.6 is 0 Å². The smallest absolute Gasteiger partial charge is 0.354 e. The zero-order valence-corrected chi connectivity index (χ0v) is 17.7. The lowest BCUT2D eigenvalue weighted by Crippen LogP contribution is -2.56. The standard InChI is InChI=1S/C13H14F2N2O3.C7H15N2O/c14-13(15)6-17(7-13)10-4-3-9(12(18)19)16-11(10)20-5-8-1-2-8;1-7(2,3)9-5-6(10)8-4/h3-4,8H,1-2,5-7H2,(H,18,19);5H2,1-4H3,(H,8,10)/q;-1. The Bertz CT molecular complexity index is 756. The maximum absolute atomic E-state index is 12.9. The average molecular weight is 427 g/mol. The molecule has 2 fully saturated rings. The number of carbonyl (C=O) groups excluding carboxylic acids is 1. The van der Waals surface area contributed by atoms with E-state index in [1.165, 1.54) is 17.0 Å². The van der Waals surface area contributed by atoms with Crippen molar-refractivity contribution >= 4 is 17.6 Å². The van der Waals surface area contributed by atoms with Crippen LogP contribution in [0.5, 0.6) is 5.88 Å². The molecule has 1 saturated carbocycles. The first-order valence-corrected chi connectivity index (χ1v) is 9.79. The number of nitrogens with one attached hydrogen (secondary N) is 1. The Morgan fingerprint density at radius 2 is 1.97 bits per heavy atom. The Hall–Kier alpha value is -2.49. The molecule has 10 heteroatoms. The van der Waals surface area contributed by atoms with Gasteiger partial charge in [-0.05, 0) is 30.9 Å². The first kappa shape index (κ1) is 23.8. The van der Waals surface area contributed by atoms with E-state index in [2.05, 4.69) is 15.6 Å². The molecule has 2 aliphatic rings. The van der Waals surface area contributed by atoms with Gasteiger partial charge in [-0.25, -0.2) is 18.6 Å². The molecule has 0 radical (unpaired) electrons. The summed E-state index contributed by atoms with van der Waals surface area (Å²) < 4.78 is 31.4. The second-order valence-electron chi connectivity index (χ2n) is 8.45. The number of hydrogen-bond donors (Lipinski definition) is 2. The average Bonchev–Trinajstić information content (AvgIpc) is 3.46. The summed E-state index contributed by atoms with van der Waals surface area (Å²) in [5, 5.41) is 15.6. The molecule has 30 heavy (non-hydrogen) atoms. The summed E-state index contributed by atoms with van der Waals surface area (Å²) in [7, 11) is 1.61. The molecule has 168 valence electrons. The highest BCUT2D eigenvalue weighted by Crippen LogP contribution is 2.37. The lowest BCUT2D eigenvalue weighted by Gasteiger charge is -2.40. The fourth-order valence-electron chi connectivity index (χ4n) is 2.45. The summed E-state index contributed by atoms with van der Waals surface area (Å²) in [5.41, 5.74) is 0.181. The Labute approximate surface area is 175 Å². The fourth-order valence-corrected chi connectivity index (χ4v) is 2.45. The summed E-state index contributed by atoms with van der Waals surface area (Å²) >= 11 is 0. The molecule has 0 atom stereocenters. The summed E-state index contributed by atoms with van der Waals surface area (Å²) in [4.78, 5) is 26.9. The van der Waals surface area contributed by atoms with Gasteiger partial charge in [0.2, 0.25) is 5.88 Å². The molecule has 2 N–H and O–H groups in total. The van der Waals surface area contributed by atoms with Crippen LogP contribution in [0, 0.1) is 5.92 Å². The van der Waals surface area contributed by atoms with Gasteiger partial charge >= 0.3 is 5.97 Å². The van der Waals surface area contributed by atoms with Crippen molar-refractivity contribution in [2.45, 2.75) is 45.1 Å². The summed E-state index contributed by atoms with van der Waals surface area (Å²) in [5.74, 6) is -3.29. The van der Waals surface area contributed by atoms with Crippen molar-refractivity contribution in [1.82, 2.24) is 10.3 Å². The third kappa shape index (κ3) is 7.74. The predicted molar refractivity (Wildman–Crippen MR) is 109 cm³/mol. The SMILES string of the molecule is CNC(=O)C[N-]C(C)(C)C.O=C(O)c1ccc(N2CC(F)(F)C2)c(OCC2CC2)n1. The second kappa shape index (κ2) is 9.55. The van der Waals surface area contributed by atoms with E-state index in [1.807, 2.05) is 20.8 Å². The number of likely N-dealkylation sites (N-methyl/N-ethyl adjacent to an activating group) is 1. The van der Waals surface area contributed by atoms with Crippen molar-refractivity contribution < 1.29 is 28.2 Å². The molecule has 8 nitrogen and oxygen atoms in total. The van der Waals surface area contributed by atoms with Gasteiger partial charge in [-0.2, -0.15) is 0 Å². The van der Waals surface area contributed by atoms with Crippen molar-refractivity contribution in [2.24, 2.45) is 5.92 Å². The van der Waals surface area contributed by atoms with Crippen molar-refractivity contribution in [3.63, 3.8) is 0 Å². The number of amides is 1. The van der Waals surface area contributed by atoms with Crippen LogP contribution in [0.2, 0.25) is 0 Å². The fraction of sp³-hybridized carbons (Fsp3) is 0.650. The normalized spacial score (nSPS) is 17.3. The Kier molecular flexibility index (Phi) is 7.57. The van der Waals surface area contributed by atoms with Crippen LogP contribution in [0.15, 0.2) is 12.1 Å². The van der Waals surface area contributed by atoms with Gasteiger partial charge in [-0.3, -0.25) is 4.79 Å². The third-order valence-electron chi connectivity index (χ3n) is 4.37. The van der Waals surface area contributed by atoms with Gasteiger partial charge in [0.25, 0.3) is 5.92 Å². The zero-order valence-electron chi connectivity index (χ0n) is 17.7. The third-order valence-corrected chi connectivity index (χ3v) is 4.37. The first-order valence-electron chi connectivity index (χ1n) is 9.79. The molecular weight excluding hydrogens is 398 g/mol. The lowest BCUT2D eigenvalue weighted by molar-refractivity contribution is -0.118. The number of nitrogens with zero attached hydrogens (tertiary/aromatic N) is 3. The highest BCUT2D eigenvalue weighted by molar-refractivity contribution is 5.86. The second-order valence-corrected chi connectivity index (χ2v) is 8.45. The Morgan fingerprint density at radius 1 is 1.33 bits per heavy atom. The Morgan fingerprint density at radius 3 is 2.43 bits per heavy atom. The van der Waals surface area contributed by atoms with E-state index in [9.17, 15) is 18.4 Å². The molecule has 1 saturated heterocycles. The molecule has 1 amide bonds. The van der Waals surface area contributed by atoms with E-state index < -0.39 is 11.9 Å². The molecule has 0 aromatic carbocycles. The maximum Gasteiger partial charge on any atom is 0.354 e. The summed E-state index contributed by atoms with van der Waals surface area (Å²) in [6.45, 7) is 5.84. The number of alkyl halides is 2. The molecule has 2 heterocycles. The predicted octanol–water partition coefficient (Wildman–Crippen LogP) is 2.93. The van der Waals surface area contributed by atoms with Crippen molar-refractivity contribution in [2.75, 3.05) is 38.2 Å². The highest BCUT2D eigenvalue weighted by atomic mass is 19.3. The van der Waals surface area contributed by atoms with E-state index in [-0.39, 0.29) is 42.7 Å². The van der Waals surface area contributed by atoms with Crippen LogP contribution in [-0.4, -0.2) is 66.7 Å². The van der Waals surface area contributed by atoms with E-state index in [0.29, 0.717) is 18.2 Å². The van der Waals surface area contributed by atoms with Crippen molar-refractivity contribution in [3.8, 4) is 5.88 Å². The monoisotopic (exact) mass is 427 g/mol. The topological polar surface area (TPSA) is 106 Å². The number of halogens is 2. The lowest BCUT2D eigenvalue weighted by atomic mass is 10.1. The number of ether oxygens (including phenoxy) is 1. The van der Waals surface area contributed by atoms with Gasteiger partial charge in [-0.15, -0.1) is 5.54 Å². The van der Waals surface area contributed by atoms with Crippen LogP contribution in [-0.2, 0) is 4.79 Å². The minimum atomic E-state index is -2.70. The molecular formula is C20H29F2N4O4-. The van der Waals surface area contributed by atoms with Crippen LogP contribution in [0.3, 0.4) is 0 Å². The zero-order chi connectivity index (χ0) is 22.5.